The van der Waals surface area contributed by atoms with E-state index in [1.807, 2.05) is 13.8 Å². The lowest BCUT2D eigenvalue weighted by Gasteiger charge is -2.11. The van der Waals surface area contributed by atoms with E-state index in [2.05, 4.69) is 15.1 Å². The summed E-state index contributed by atoms with van der Waals surface area (Å²) in [6, 6.07) is 0. The van der Waals surface area contributed by atoms with Gasteiger partial charge in [-0.2, -0.15) is 5.10 Å². The summed E-state index contributed by atoms with van der Waals surface area (Å²) < 4.78 is 27.4. The molecule has 18 heavy (non-hydrogen) atoms. The van der Waals surface area contributed by atoms with E-state index in [1.54, 1.807) is 13.1 Å². The average Bonchev–Trinajstić information content (AvgIpc) is 2.53. The van der Waals surface area contributed by atoms with Crippen LogP contribution in [-0.2, 0) is 6.54 Å². The predicted molar refractivity (Wildman–Crippen MR) is 64.8 cm³/mol. The van der Waals surface area contributed by atoms with Gasteiger partial charge in [-0.1, -0.05) is 13.8 Å². The highest BCUT2D eigenvalue weighted by atomic mass is 19.3. The van der Waals surface area contributed by atoms with E-state index in [0.29, 0.717) is 16.9 Å². The lowest BCUT2D eigenvalue weighted by atomic mass is 10.1. The smallest absolute Gasteiger partial charge is 0.249 e. The lowest BCUT2D eigenvalue weighted by molar-refractivity contribution is 0.00159. The van der Waals surface area contributed by atoms with Crippen molar-refractivity contribution in [1.82, 2.24) is 19.7 Å². The van der Waals surface area contributed by atoms with E-state index in [1.165, 1.54) is 4.68 Å². The largest absolute Gasteiger partial charge is 0.264 e. The van der Waals surface area contributed by atoms with Gasteiger partial charge in [0, 0.05) is 13.1 Å². The van der Waals surface area contributed by atoms with Crippen LogP contribution in [0.3, 0.4) is 0 Å². The molecule has 0 unspecified atom stereocenters. The maximum absolute atomic E-state index is 13.1. The Labute approximate surface area is 104 Å². The zero-order chi connectivity index (χ0) is 13.5. The van der Waals surface area contributed by atoms with E-state index in [0.717, 1.165) is 12.6 Å². The summed E-state index contributed by atoms with van der Waals surface area (Å²) in [6.07, 6.45) is 1.68. The predicted octanol–water partition coefficient (Wildman–Crippen LogP) is 2.91. The number of nitrogens with zero attached hydrogens (tertiary/aromatic N) is 4. The van der Waals surface area contributed by atoms with Gasteiger partial charge in [-0.15, -0.1) is 0 Å². The summed E-state index contributed by atoms with van der Waals surface area (Å²) in [4.78, 5) is 8.65. The minimum atomic E-state index is -2.82. The Morgan fingerprint density at radius 2 is 2.06 bits per heavy atom. The van der Waals surface area contributed by atoms with Crippen LogP contribution in [0.5, 0.6) is 0 Å². The van der Waals surface area contributed by atoms with Crippen LogP contribution in [0.15, 0.2) is 6.20 Å². The fraction of sp³-hybridized carbons (Fsp3) is 0.583. The van der Waals surface area contributed by atoms with Crippen molar-refractivity contribution >= 4 is 11.2 Å². The van der Waals surface area contributed by atoms with E-state index in [4.69, 9.17) is 0 Å². The van der Waals surface area contributed by atoms with Crippen molar-refractivity contribution in [2.45, 2.75) is 46.1 Å². The Balaban J connectivity index is 2.56. The topological polar surface area (TPSA) is 43.6 Å². The number of fused-ring (bicyclic) bond motifs is 1. The minimum Gasteiger partial charge on any atom is -0.249 e. The van der Waals surface area contributed by atoms with Gasteiger partial charge in [0.05, 0.1) is 11.4 Å². The highest BCUT2D eigenvalue weighted by Crippen LogP contribution is 2.21. The second kappa shape index (κ2) is 4.26. The molecular weight excluding hydrogens is 238 g/mol. The number of alkyl halides is 2. The van der Waals surface area contributed by atoms with Crippen molar-refractivity contribution in [3.63, 3.8) is 0 Å². The maximum atomic E-state index is 13.1. The molecule has 2 heterocycles. The summed E-state index contributed by atoms with van der Waals surface area (Å²) in [6.45, 7) is 6.11. The van der Waals surface area contributed by atoms with Crippen molar-refractivity contribution in [2.24, 2.45) is 0 Å². The Morgan fingerprint density at radius 3 is 2.61 bits per heavy atom. The number of hydrogen-bond donors (Lipinski definition) is 0. The van der Waals surface area contributed by atoms with Crippen LogP contribution in [0.1, 0.15) is 38.1 Å². The number of aromatic nitrogens is 4. The van der Waals surface area contributed by atoms with Crippen LogP contribution in [0, 0.1) is 6.92 Å². The molecule has 0 aliphatic carbocycles. The molecule has 0 aliphatic heterocycles. The third kappa shape index (κ3) is 2.47. The summed E-state index contributed by atoms with van der Waals surface area (Å²) in [5.41, 5.74) is 2.42. The first kappa shape index (κ1) is 12.9. The Bertz CT molecular complexity index is 569. The van der Waals surface area contributed by atoms with E-state index in [-0.39, 0.29) is 5.92 Å². The highest BCUT2D eigenvalue weighted by Gasteiger charge is 2.25. The van der Waals surface area contributed by atoms with Gasteiger partial charge in [-0.3, -0.25) is 0 Å². The van der Waals surface area contributed by atoms with Crippen molar-refractivity contribution in [2.75, 3.05) is 0 Å². The number of rotatable bonds is 3. The zero-order valence-corrected chi connectivity index (χ0v) is 10.9. The van der Waals surface area contributed by atoms with Crippen molar-refractivity contribution < 1.29 is 8.78 Å². The van der Waals surface area contributed by atoms with E-state index in [9.17, 15) is 8.78 Å². The molecule has 6 heteroatoms. The third-order valence-corrected chi connectivity index (χ3v) is 2.65. The second-order valence-corrected chi connectivity index (χ2v) is 4.94. The fourth-order valence-electron chi connectivity index (χ4n) is 1.75. The molecule has 0 atom stereocenters. The number of hydrogen-bond acceptors (Lipinski definition) is 3. The summed E-state index contributed by atoms with van der Waals surface area (Å²) in [5, 5.41) is 4.09. The molecule has 0 amide bonds. The van der Waals surface area contributed by atoms with Crippen molar-refractivity contribution in [3.05, 3.63) is 17.6 Å². The molecule has 0 saturated carbocycles. The molecular formula is C12H16F2N4. The average molecular weight is 254 g/mol. The SMILES string of the molecule is Cc1nn(CC(C)(F)F)c2nc(C(C)C)cnc12. The molecule has 0 aliphatic rings. The third-order valence-electron chi connectivity index (χ3n) is 2.65. The molecule has 0 radical (unpaired) electrons. The van der Waals surface area contributed by atoms with Gasteiger partial charge in [0.15, 0.2) is 5.65 Å². The number of halogens is 2. The Kier molecular flexibility index (Phi) is 3.04. The summed E-state index contributed by atoms with van der Waals surface area (Å²) in [7, 11) is 0. The van der Waals surface area contributed by atoms with Gasteiger partial charge >= 0.3 is 0 Å². The first-order valence-electron chi connectivity index (χ1n) is 5.86. The Hall–Kier alpha value is -1.59. The Morgan fingerprint density at radius 1 is 1.39 bits per heavy atom. The van der Waals surface area contributed by atoms with Crippen LogP contribution in [-0.4, -0.2) is 25.7 Å². The van der Waals surface area contributed by atoms with Gasteiger partial charge in [0.1, 0.15) is 12.1 Å². The normalized spacial score (nSPS) is 12.6. The summed E-state index contributed by atoms with van der Waals surface area (Å²) in [5.74, 6) is -2.62. The molecule has 4 nitrogen and oxygen atoms in total. The van der Waals surface area contributed by atoms with Gasteiger partial charge in [-0.25, -0.2) is 23.4 Å². The van der Waals surface area contributed by atoms with Gasteiger partial charge < -0.3 is 0 Å². The van der Waals surface area contributed by atoms with Crippen LogP contribution < -0.4 is 0 Å². The van der Waals surface area contributed by atoms with Crippen molar-refractivity contribution in [3.8, 4) is 0 Å². The highest BCUT2D eigenvalue weighted by molar-refractivity contribution is 5.73. The monoisotopic (exact) mass is 254 g/mol. The van der Waals surface area contributed by atoms with Crippen LogP contribution in [0.4, 0.5) is 8.78 Å². The minimum absolute atomic E-state index is 0.202. The lowest BCUT2D eigenvalue weighted by Crippen LogP contribution is -2.20. The number of aryl methyl sites for hydroxylation is 1. The molecule has 0 saturated heterocycles. The van der Waals surface area contributed by atoms with Crippen LogP contribution in [0.25, 0.3) is 11.2 Å². The molecule has 2 rings (SSSR count). The fourth-order valence-corrected chi connectivity index (χ4v) is 1.75. The maximum Gasteiger partial charge on any atom is 0.264 e. The van der Waals surface area contributed by atoms with Crippen LogP contribution >= 0.6 is 0 Å². The van der Waals surface area contributed by atoms with E-state index >= 15 is 0 Å². The molecule has 2 aromatic heterocycles. The zero-order valence-electron chi connectivity index (χ0n) is 10.9. The molecule has 0 spiro atoms. The van der Waals surface area contributed by atoms with Crippen LogP contribution in [0.2, 0.25) is 0 Å². The van der Waals surface area contributed by atoms with Gasteiger partial charge in [0.25, 0.3) is 5.92 Å². The van der Waals surface area contributed by atoms with Crippen molar-refractivity contribution in [1.29, 1.82) is 0 Å². The first-order valence-corrected chi connectivity index (χ1v) is 5.86. The summed E-state index contributed by atoms with van der Waals surface area (Å²) >= 11 is 0. The first-order chi connectivity index (χ1) is 8.28. The molecule has 0 N–H and O–H groups in total. The molecule has 98 valence electrons. The second-order valence-electron chi connectivity index (χ2n) is 4.94. The van der Waals surface area contributed by atoms with Gasteiger partial charge in [0.2, 0.25) is 0 Å². The molecule has 0 aromatic carbocycles. The van der Waals surface area contributed by atoms with E-state index < -0.39 is 12.5 Å². The molecule has 0 bridgehead atoms. The van der Waals surface area contributed by atoms with Gasteiger partial charge in [-0.05, 0) is 12.8 Å². The standard InChI is InChI=1S/C12H16F2N4/c1-7(2)9-5-15-10-8(3)17-18(11(10)16-9)6-12(4,13)14/h5,7H,6H2,1-4H3. The quantitative estimate of drug-likeness (QED) is 0.845. The molecule has 2 aromatic rings. The molecule has 0 fully saturated rings.